The van der Waals surface area contributed by atoms with Gasteiger partial charge in [-0.3, -0.25) is 19.2 Å². The van der Waals surface area contributed by atoms with E-state index in [9.17, 15) is 34.5 Å². The Bertz CT molecular complexity index is 510. The van der Waals surface area contributed by atoms with Crippen LogP contribution in [0.2, 0.25) is 0 Å². The van der Waals surface area contributed by atoms with E-state index < -0.39 is 36.5 Å². The Hall–Kier alpha value is -0.780. The van der Waals surface area contributed by atoms with Crippen LogP contribution in [0.1, 0.15) is 6.42 Å². The van der Waals surface area contributed by atoms with E-state index in [0.29, 0.717) is 0 Å². The lowest BCUT2D eigenvalue weighted by atomic mass is 10.1. The summed E-state index contributed by atoms with van der Waals surface area (Å²) < 4.78 is 0.558. The van der Waals surface area contributed by atoms with Crippen LogP contribution >= 0.6 is 45.2 Å². The lowest BCUT2D eigenvalue weighted by Crippen LogP contribution is -2.47. The highest BCUT2D eigenvalue weighted by atomic mass is 127. The molecule has 156 valence electrons. The lowest BCUT2D eigenvalue weighted by molar-refractivity contribution is -0.140. The number of aliphatic hydroxyl groups excluding tert-OH is 3. The van der Waals surface area contributed by atoms with Crippen molar-refractivity contribution in [2.24, 2.45) is 0 Å². The molecule has 0 aromatic heterocycles. The zero-order valence-corrected chi connectivity index (χ0v) is 18.7. The first-order valence-corrected chi connectivity index (χ1v) is 11.0. The van der Waals surface area contributed by atoms with E-state index in [1.807, 2.05) is 45.2 Å². The molecule has 13 heteroatoms. The van der Waals surface area contributed by atoms with Gasteiger partial charge < -0.3 is 36.6 Å². The van der Waals surface area contributed by atoms with Crippen LogP contribution in [0.25, 0.3) is 0 Å². The van der Waals surface area contributed by atoms with Crippen molar-refractivity contribution in [2.45, 2.75) is 24.7 Å². The molecule has 0 aliphatic carbocycles. The molecule has 0 saturated carbocycles. The van der Waals surface area contributed by atoms with Gasteiger partial charge in [0.1, 0.15) is 6.10 Å². The summed E-state index contributed by atoms with van der Waals surface area (Å²) in [7, 11) is 0. The van der Waals surface area contributed by atoms with Gasteiger partial charge in [0.15, 0.2) is 6.10 Å². The summed E-state index contributed by atoms with van der Waals surface area (Å²) in [6, 6.07) is 0. The number of carbonyl (C=O) groups excluding carboxylic acids is 4. The molecular weight excluding hydrogens is 590 g/mol. The average Bonchev–Trinajstić information content (AvgIpc) is 2.66. The van der Waals surface area contributed by atoms with E-state index in [4.69, 9.17) is 0 Å². The Morgan fingerprint density at radius 1 is 0.704 bits per heavy atom. The summed E-state index contributed by atoms with van der Waals surface area (Å²) in [6.07, 6.45) is -5.68. The number of hydrogen-bond donors (Lipinski definition) is 7. The fourth-order valence-corrected chi connectivity index (χ4v) is 2.27. The van der Waals surface area contributed by atoms with Gasteiger partial charge >= 0.3 is 0 Å². The first kappa shape index (κ1) is 26.2. The summed E-state index contributed by atoms with van der Waals surface area (Å²) in [5.41, 5.74) is 0. The second-order valence-corrected chi connectivity index (χ2v) is 6.84. The van der Waals surface area contributed by atoms with Gasteiger partial charge in [-0.2, -0.15) is 0 Å². The Labute approximate surface area is 183 Å². The quantitative estimate of drug-likeness (QED) is 0.0649. The maximum absolute atomic E-state index is 11.7. The van der Waals surface area contributed by atoms with Gasteiger partial charge in [0, 0.05) is 32.6 Å². The van der Waals surface area contributed by atoms with E-state index in [1.54, 1.807) is 0 Å². The smallest absolute Gasteiger partial charge is 0.251 e. The number of rotatable bonds is 13. The zero-order chi connectivity index (χ0) is 20.8. The predicted molar refractivity (Wildman–Crippen MR) is 112 cm³/mol. The van der Waals surface area contributed by atoms with Gasteiger partial charge in [0.25, 0.3) is 5.91 Å². The Morgan fingerprint density at radius 3 is 1.56 bits per heavy atom. The van der Waals surface area contributed by atoms with E-state index in [0.717, 1.165) is 0 Å². The van der Waals surface area contributed by atoms with Crippen molar-refractivity contribution in [3.05, 3.63) is 0 Å². The van der Waals surface area contributed by atoms with Gasteiger partial charge in [0.05, 0.1) is 15.0 Å². The highest BCUT2D eigenvalue weighted by Gasteiger charge is 2.28. The van der Waals surface area contributed by atoms with Crippen LogP contribution in [0.4, 0.5) is 0 Å². The number of nitrogens with one attached hydrogen (secondary N) is 4. The third-order valence-electron chi connectivity index (χ3n) is 3.14. The minimum atomic E-state index is -1.84. The van der Waals surface area contributed by atoms with Gasteiger partial charge in [-0.15, -0.1) is 0 Å². The van der Waals surface area contributed by atoms with Crippen molar-refractivity contribution in [3.8, 4) is 0 Å². The van der Waals surface area contributed by atoms with Crippen LogP contribution in [-0.4, -0.2) is 92.3 Å². The van der Waals surface area contributed by atoms with E-state index in [2.05, 4.69) is 21.3 Å². The Kier molecular flexibility index (Phi) is 14.7. The molecule has 7 N–H and O–H groups in total. The Morgan fingerprint density at radius 2 is 1.11 bits per heavy atom. The molecular formula is C14H24I2N4O7. The first-order valence-electron chi connectivity index (χ1n) is 7.97. The third-order valence-corrected chi connectivity index (χ3v) is 4.52. The molecule has 0 fully saturated rings. The van der Waals surface area contributed by atoms with Crippen molar-refractivity contribution in [3.63, 3.8) is 0 Å². The van der Waals surface area contributed by atoms with Crippen molar-refractivity contribution in [2.75, 3.05) is 35.0 Å². The summed E-state index contributed by atoms with van der Waals surface area (Å²) in [4.78, 5) is 45.4. The number of aliphatic hydroxyl groups is 3. The molecule has 0 rings (SSSR count). The molecule has 0 spiro atoms. The van der Waals surface area contributed by atoms with E-state index in [1.165, 1.54) is 0 Å². The van der Waals surface area contributed by atoms with Crippen LogP contribution in [0.5, 0.6) is 0 Å². The highest BCUT2D eigenvalue weighted by molar-refractivity contribution is 14.1. The second-order valence-electron chi connectivity index (χ2n) is 5.31. The Balaban J connectivity index is 4.11. The van der Waals surface area contributed by atoms with Crippen molar-refractivity contribution >= 4 is 68.8 Å². The molecule has 3 atom stereocenters. The minimum absolute atomic E-state index is 0.0526. The predicted octanol–water partition coefficient (Wildman–Crippen LogP) is -3.21. The molecule has 0 saturated heterocycles. The molecule has 0 radical (unpaired) electrons. The lowest BCUT2D eigenvalue weighted by Gasteiger charge is -2.20. The minimum Gasteiger partial charge on any atom is -0.390 e. The van der Waals surface area contributed by atoms with E-state index >= 15 is 0 Å². The first-order chi connectivity index (χ1) is 12.7. The highest BCUT2D eigenvalue weighted by Crippen LogP contribution is 2.04. The molecule has 27 heavy (non-hydrogen) atoms. The maximum Gasteiger partial charge on any atom is 0.251 e. The maximum atomic E-state index is 11.7. The molecule has 0 bridgehead atoms. The van der Waals surface area contributed by atoms with Gasteiger partial charge in [-0.1, -0.05) is 45.2 Å². The van der Waals surface area contributed by atoms with Gasteiger partial charge in [-0.05, 0) is 0 Å². The monoisotopic (exact) mass is 614 g/mol. The molecule has 0 heterocycles. The van der Waals surface area contributed by atoms with Crippen molar-refractivity contribution in [1.29, 1.82) is 0 Å². The van der Waals surface area contributed by atoms with Crippen LogP contribution in [-0.2, 0) is 19.2 Å². The fourth-order valence-electron chi connectivity index (χ4n) is 1.73. The van der Waals surface area contributed by atoms with E-state index in [-0.39, 0.29) is 46.8 Å². The van der Waals surface area contributed by atoms with Crippen molar-refractivity contribution < 1.29 is 34.5 Å². The van der Waals surface area contributed by atoms with Crippen LogP contribution in [0.15, 0.2) is 0 Å². The van der Waals surface area contributed by atoms with Crippen LogP contribution in [0.3, 0.4) is 0 Å². The SMILES string of the molecule is O=C(CI)NCCNC(=O)[C@H](O)C[C@@H](O)[C@H](O)C(=O)NCCNC(=O)CI. The number of halogens is 2. The number of amides is 4. The summed E-state index contributed by atoms with van der Waals surface area (Å²) in [6.45, 7) is 0.481. The molecule has 0 aliphatic rings. The standard InChI is InChI=1S/C14H24I2N4O7/c15-6-10(23)17-1-3-19-13(26)9(22)5-8(21)12(25)14(27)20-4-2-18-11(24)7-16/h8-9,12,21-22,25H,1-7H2,(H,17,23)(H,18,24)(H,19,26)(H,20,27)/t8-,9-,12+/m1/s1. The van der Waals surface area contributed by atoms with Gasteiger partial charge in [-0.25, -0.2) is 0 Å². The number of alkyl halides is 2. The van der Waals surface area contributed by atoms with Gasteiger partial charge in [0.2, 0.25) is 17.7 Å². The molecule has 0 aromatic carbocycles. The number of hydrogen-bond acceptors (Lipinski definition) is 7. The van der Waals surface area contributed by atoms with Crippen LogP contribution in [0, 0.1) is 0 Å². The average molecular weight is 614 g/mol. The normalized spacial score (nSPS) is 13.8. The second kappa shape index (κ2) is 15.2. The number of carbonyl (C=O) groups is 4. The molecule has 0 aromatic rings. The van der Waals surface area contributed by atoms with Crippen molar-refractivity contribution in [1.82, 2.24) is 21.3 Å². The largest absolute Gasteiger partial charge is 0.390 e. The van der Waals surface area contributed by atoms with Crippen LogP contribution < -0.4 is 21.3 Å². The summed E-state index contributed by atoms with van der Waals surface area (Å²) in [5, 5.41) is 38.9. The fraction of sp³-hybridized carbons (Fsp3) is 0.714. The topological polar surface area (TPSA) is 177 Å². The zero-order valence-electron chi connectivity index (χ0n) is 14.4. The molecule has 11 nitrogen and oxygen atoms in total. The molecule has 4 amide bonds. The summed E-state index contributed by atoms with van der Waals surface area (Å²) in [5.74, 6) is -2.08. The molecule has 0 aliphatic heterocycles. The summed E-state index contributed by atoms with van der Waals surface area (Å²) >= 11 is 3.77. The third kappa shape index (κ3) is 12.3. The molecule has 0 unspecified atom stereocenters.